The third-order valence-electron chi connectivity index (χ3n) is 2.29. The molecular formula is C14H15NO5. The Morgan fingerprint density at radius 3 is 2.60 bits per heavy atom. The smallest absolute Gasteiger partial charge is 0.311 e. The molecule has 0 bridgehead atoms. The van der Waals surface area contributed by atoms with Gasteiger partial charge in [-0.2, -0.15) is 0 Å². The monoisotopic (exact) mass is 277 g/mol. The van der Waals surface area contributed by atoms with E-state index in [1.807, 2.05) is 0 Å². The second kappa shape index (κ2) is 7.73. The Morgan fingerprint density at radius 2 is 2.00 bits per heavy atom. The third-order valence-corrected chi connectivity index (χ3v) is 2.29. The van der Waals surface area contributed by atoms with Crippen molar-refractivity contribution in [3.63, 3.8) is 0 Å². The molecule has 6 heteroatoms. The van der Waals surface area contributed by atoms with Gasteiger partial charge >= 0.3 is 11.7 Å². The van der Waals surface area contributed by atoms with Crippen LogP contribution in [0.1, 0.15) is 5.56 Å². The Balaban J connectivity index is 2.86. The lowest BCUT2D eigenvalue weighted by atomic mass is 10.1. The molecule has 1 aromatic carbocycles. The van der Waals surface area contributed by atoms with E-state index < -0.39 is 10.9 Å². The maximum atomic E-state index is 11.4. The summed E-state index contributed by atoms with van der Waals surface area (Å²) in [4.78, 5) is 21.8. The van der Waals surface area contributed by atoms with Gasteiger partial charge in [0, 0.05) is 6.07 Å². The maximum absolute atomic E-state index is 11.4. The second-order valence-corrected chi connectivity index (χ2v) is 3.81. The lowest BCUT2D eigenvalue weighted by molar-refractivity contribution is -0.385. The van der Waals surface area contributed by atoms with Crippen LogP contribution in [0, 0.1) is 10.1 Å². The Labute approximate surface area is 116 Å². The average molecular weight is 277 g/mol. The van der Waals surface area contributed by atoms with Crippen molar-refractivity contribution < 1.29 is 19.2 Å². The van der Waals surface area contributed by atoms with E-state index in [4.69, 9.17) is 9.47 Å². The van der Waals surface area contributed by atoms with Crippen LogP contribution in [0.3, 0.4) is 0 Å². The van der Waals surface area contributed by atoms with Gasteiger partial charge in [-0.15, -0.1) is 0 Å². The van der Waals surface area contributed by atoms with Crippen LogP contribution in [-0.4, -0.2) is 24.1 Å². The molecule has 0 aromatic heterocycles. The molecule has 0 aliphatic rings. The van der Waals surface area contributed by atoms with Gasteiger partial charge in [0.05, 0.1) is 11.3 Å². The largest absolute Gasteiger partial charge is 0.483 e. The van der Waals surface area contributed by atoms with Gasteiger partial charge in [-0.3, -0.25) is 14.9 Å². The Morgan fingerprint density at radius 1 is 1.30 bits per heavy atom. The van der Waals surface area contributed by atoms with Crippen LogP contribution in [0.15, 0.2) is 43.5 Å². The number of hydrogen-bond acceptors (Lipinski definition) is 5. The molecule has 106 valence electrons. The SMILES string of the molecule is C=CCOC(=O)Cc1ccc(OCC=C)c([N+](=O)[O-])c1. The fourth-order valence-corrected chi connectivity index (χ4v) is 1.46. The van der Waals surface area contributed by atoms with Crippen molar-refractivity contribution in [2.75, 3.05) is 13.2 Å². The highest BCUT2D eigenvalue weighted by atomic mass is 16.6. The predicted molar refractivity (Wildman–Crippen MR) is 73.6 cm³/mol. The molecule has 0 aliphatic heterocycles. The number of benzene rings is 1. The van der Waals surface area contributed by atoms with Crippen LogP contribution < -0.4 is 4.74 Å². The molecule has 0 saturated carbocycles. The number of hydrogen-bond donors (Lipinski definition) is 0. The second-order valence-electron chi connectivity index (χ2n) is 3.81. The number of carbonyl (C=O) groups excluding carboxylic acids is 1. The highest BCUT2D eigenvalue weighted by Gasteiger charge is 2.17. The summed E-state index contributed by atoms with van der Waals surface area (Å²) in [5, 5.41) is 11.0. The Kier molecular flexibility index (Phi) is 5.96. The van der Waals surface area contributed by atoms with Crippen LogP contribution in [0.4, 0.5) is 5.69 Å². The van der Waals surface area contributed by atoms with Gasteiger partial charge < -0.3 is 9.47 Å². The molecule has 1 rings (SSSR count). The van der Waals surface area contributed by atoms with Crippen molar-refractivity contribution in [3.05, 3.63) is 59.2 Å². The van der Waals surface area contributed by atoms with E-state index in [-0.39, 0.29) is 31.1 Å². The van der Waals surface area contributed by atoms with E-state index in [0.29, 0.717) is 5.56 Å². The van der Waals surface area contributed by atoms with Crippen LogP contribution in [0.25, 0.3) is 0 Å². The van der Waals surface area contributed by atoms with Crippen LogP contribution >= 0.6 is 0 Å². The first kappa shape index (κ1) is 15.4. The average Bonchev–Trinajstić information content (AvgIpc) is 2.43. The summed E-state index contributed by atoms with van der Waals surface area (Å²) in [5.41, 5.74) is 0.289. The molecule has 0 atom stereocenters. The zero-order valence-electron chi connectivity index (χ0n) is 10.9. The summed E-state index contributed by atoms with van der Waals surface area (Å²) in [6.07, 6.45) is 2.90. The Hall–Kier alpha value is -2.63. The number of esters is 1. The summed E-state index contributed by atoms with van der Waals surface area (Å²) >= 11 is 0. The van der Waals surface area contributed by atoms with Crippen molar-refractivity contribution in [1.29, 1.82) is 0 Å². The topological polar surface area (TPSA) is 78.7 Å². The highest BCUT2D eigenvalue weighted by molar-refractivity contribution is 5.73. The van der Waals surface area contributed by atoms with Crippen molar-refractivity contribution in [2.24, 2.45) is 0 Å². The molecule has 0 aliphatic carbocycles. The van der Waals surface area contributed by atoms with Gasteiger partial charge in [0.25, 0.3) is 0 Å². The van der Waals surface area contributed by atoms with Crippen LogP contribution in [0.5, 0.6) is 5.75 Å². The maximum Gasteiger partial charge on any atom is 0.311 e. The van der Waals surface area contributed by atoms with Gasteiger partial charge in [0.1, 0.15) is 13.2 Å². The fraction of sp³-hybridized carbons (Fsp3) is 0.214. The van der Waals surface area contributed by atoms with E-state index >= 15 is 0 Å². The molecule has 0 saturated heterocycles. The minimum Gasteiger partial charge on any atom is -0.483 e. The number of ether oxygens (including phenoxy) is 2. The molecule has 0 fully saturated rings. The first-order chi connectivity index (χ1) is 9.58. The zero-order chi connectivity index (χ0) is 15.0. The van der Waals surface area contributed by atoms with Gasteiger partial charge in [-0.1, -0.05) is 31.4 Å². The van der Waals surface area contributed by atoms with Gasteiger partial charge in [0.2, 0.25) is 0 Å². The van der Waals surface area contributed by atoms with Crippen molar-refractivity contribution in [2.45, 2.75) is 6.42 Å². The molecule has 20 heavy (non-hydrogen) atoms. The van der Waals surface area contributed by atoms with Gasteiger partial charge in [-0.05, 0) is 11.6 Å². The minimum absolute atomic E-state index is 0.0452. The summed E-state index contributed by atoms with van der Waals surface area (Å²) in [5.74, 6) is -0.336. The Bertz CT molecular complexity index is 524. The molecule has 0 N–H and O–H groups in total. The number of rotatable bonds is 8. The number of nitro groups is 1. The first-order valence-electron chi connectivity index (χ1n) is 5.86. The molecule has 0 unspecified atom stereocenters. The van der Waals surface area contributed by atoms with E-state index in [1.54, 1.807) is 6.07 Å². The lowest BCUT2D eigenvalue weighted by Crippen LogP contribution is -2.08. The van der Waals surface area contributed by atoms with Crippen LogP contribution in [0.2, 0.25) is 0 Å². The summed E-state index contributed by atoms with van der Waals surface area (Å²) in [6, 6.07) is 4.34. The molecule has 0 radical (unpaired) electrons. The number of nitrogens with zero attached hydrogens (tertiary/aromatic N) is 1. The van der Waals surface area contributed by atoms with Crippen molar-refractivity contribution in [3.8, 4) is 5.75 Å². The molecular weight excluding hydrogens is 262 g/mol. The predicted octanol–water partition coefficient (Wildman–Crippen LogP) is 2.43. The molecule has 6 nitrogen and oxygen atoms in total. The third kappa shape index (κ3) is 4.56. The molecule has 0 spiro atoms. The highest BCUT2D eigenvalue weighted by Crippen LogP contribution is 2.28. The van der Waals surface area contributed by atoms with Gasteiger partial charge in [-0.25, -0.2) is 0 Å². The van der Waals surface area contributed by atoms with E-state index in [1.165, 1.54) is 24.3 Å². The summed E-state index contributed by atoms with van der Waals surface area (Å²) < 4.78 is 10.0. The van der Waals surface area contributed by atoms with Gasteiger partial charge in [0.15, 0.2) is 5.75 Å². The number of carbonyl (C=O) groups is 1. The molecule has 0 amide bonds. The normalized spacial score (nSPS) is 9.60. The fourth-order valence-electron chi connectivity index (χ4n) is 1.46. The quantitative estimate of drug-likeness (QED) is 0.315. The van der Waals surface area contributed by atoms with Crippen LogP contribution in [-0.2, 0) is 16.0 Å². The lowest BCUT2D eigenvalue weighted by Gasteiger charge is -2.06. The molecule has 0 heterocycles. The van der Waals surface area contributed by atoms with E-state index in [2.05, 4.69) is 13.2 Å². The van der Waals surface area contributed by atoms with E-state index in [9.17, 15) is 14.9 Å². The molecule has 1 aromatic rings. The standard InChI is InChI=1S/C14H15NO5/c1-3-7-19-13-6-5-11(9-12(13)15(17)18)10-14(16)20-8-4-2/h3-6,9H,1-2,7-8,10H2. The first-order valence-corrected chi connectivity index (χ1v) is 5.86. The van der Waals surface area contributed by atoms with Crippen molar-refractivity contribution in [1.82, 2.24) is 0 Å². The minimum atomic E-state index is -0.559. The zero-order valence-corrected chi connectivity index (χ0v) is 10.9. The van der Waals surface area contributed by atoms with Crippen molar-refractivity contribution >= 4 is 11.7 Å². The van der Waals surface area contributed by atoms with E-state index in [0.717, 1.165) is 0 Å². The summed E-state index contributed by atoms with van der Waals surface area (Å²) in [6.45, 7) is 7.18. The number of nitro benzene ring substituents is 1. The summed E-state index contributed by atoms with van der Waals surface area (Å²) in [7, 11) is 0.